The molecule has 0 aromatic heterocycles. The summed E-state index contributed by atoms with van der Waals surface area (Å²) in [4.78, 5) is 27.1. The second kappa shape index (κ2) is 8.08. The van der Waals surface area contributed by atoms with Crippen molar-refractivity contribution >= 4 is 11.9 Å². The predicted octanol–water partition coefficient (Wildman–Crippen LogP) is 1.97. The van der Waals surface area contributed by atoms with Gasteiger partial charge in [0.25, 0.3) is 5.91 Å². The number of hydrogen-bond donors (Lipinski definition) is 3. The highest BCUT2D eigenvalue weighted by Gasteiger charge is 2.48. The molecule has 1 atom stereocenters. The van der Waals surface area contributed by atoms with Crippen molar-refractivity contribution in [1.82, 2.24) is 4.90 Å². The zero-order valence-electron chi connectivity index (χ0n) is 16.0. The van der Waals surface area contributed by atoms with E-state index in [2.05, 4.69) is 0 Å². The number of aromatic hydroxyl groups is 2. The summed E-state index contributed by atoms with van der Waals surface area (Å²) in [6.45, 7) is 0.641. The van der Waals surface area contributed by atoms with Crippen LogP contribution in [0.25, 0.3) is 0 Å². The third-order valence-electron chi connectivity index (χ3n) is 5.38. The van der Waals surface area contributed by atoms with Crippen LogP contribution in [-0.4, -0.2) is 47.2 Å². The molecule has 0 spiro atoms. The zero-order chi connectivity index (χ0) is 21.2. The average molecular weight is 402 g/mol. The van der Waals surface area contributed by atoms with Crippen molar-refractivity contribution in [2.24, 2.45) is 5.73 Å². The van der Waals surface area contributed by atoms with E-state index in [9.17, 15) is 24.2 Å². The van der Waals surface area contributed by atoms with Gasteiger partial charge in [0.2, 0.25) is 5.54 Å². The Morgan fingerprint density at radius 2 is 1.76 bits per heavy atom. The molecule has 2 aromatic carbocycles. The minimum Gasteiger partial charge on any atom is -0.508 e. The third-order valence-corrected chi connectivity index (χ3v) is 5.38. The van der Waals surface area contributed by atoms with E-state index >= 15 is 0 Å². The smallest absolute Gasteiger partial charge is 0.340 e. The first-order valence-corrected chi connectivity index (χ1v) is 9.22. The number of esters is 1. The molecule has 4 N–H and O–H groups in total. The maximum absolute atomic E-state index is 13.3. The van der Waals surface area contributed by atoms with Gasteiger partial charge >= 0.3 is 5.97 Å². The van der Waals surface area contributed by atoms with E-state index < -0.39 is 23.2 Å². The number of methoxy groups -OCH3 is 1. The second-order valence-corrected chi connectivity index (χ2v) is 7.12. The number of amides is 1. The molecule has 1 heterocycles. The lowest BCUT2D eigenvalue weighted by Crippen LogP contribution is -2.59. The molecule has 2 aromatic rings. The molecule has 1 fully saturated rings. The standard InChI is InChI=1S/C21H23FN2O5/c1-29-20(28)21(23,14-2-4-15(22)5-3-14)19(27)24-10-8-13(9-11-24)17-7-6-16(25)12-18(17)26/h2-7,12-13,25-26H,8-11,23H2,1H3/t21-/m1/s1. The number of ether oxygens (including phenoxy) is 1. The van der Waals surface area contributed by atoms with Gasteiger partial charge in [-0.15, -0.1) is 0 Å². The fourth-order valence-electron chi connectivity index (χ4n) is 3.72. The van der Waals surface area contributed by atoms with Gasteiger partial charge in [-0.25, -0.2) is 9.18 Å². The van der Waals surface area contributed by atoms with Crippen molar-refractivity contribution in [1.29, 1.82) is 0 Å². The molecule has 3 rings (SSSR count). The summed E-state index contributed by atoms with van der Waals surface area (Å²) < 4.78 is 18.1. The summed E-state index contributed by atoms with van der Waals surface area (Å²) in [6, 6.07) is 9.30. The number of phenols is 2. The molecule has 154 valence electrons. The van der Waals surface area contributed by atoms with E-state index in [1.54, 1.807) is 6.07 Å². The number of piperidine rings is 1. The van der Waals surface area contributed by atoms with Crippen molar-refractivity contribution in [3.8, 4) is 11.5 Å². The van der Waals surface area contributed by atoms with Crippen molar-refractivity contribution in [3.05, 3.63) is 59.4 Å². The Balaban J connectivity index is 1.80. The maximum Gasteiger partial charge on any atom is 0.340 e. The summed E-state index contributed by atoms with van der Waals surface area (Å²) in [5, 5.41) is 19.5. The molecule has 0 aliphatic carbocycles. The van der Waals surface area contributed by atoms with E-state index in [1.165, 1.54) is 29.2 Å². The number of carbonyl (C=O) groups excluding carboxylic acids is 2. The molecule has 1 saturated heterocycles. The Bertz CT molecular complexity index is 910. The van der Waals surface area contributed by atoms with Gasteiger partial charge in [-0.2, -0.15) is 0 Å². The lowest BCUT2D eigenvalue weighted by Gasteiger charge is -2.37. The number of likely N-dealkylation sites (tertiary alicyclic amines) is 1. The van der Waals surface area contributed by atoms with Crippen molar-refractivity contribution in [2.75, 3.05) is 20.2 Å². The van der Waals surface area contributed by atoms with Gasteiger partial charge < -0.3 is 25.6 Å². The Hall–Kier alpha value is -3.13. The molecule has 29 heavy (non-hydrogen) atoms. The summed E-state index contributed by atoms with van der Waals surface area (Å²) in [5.74, 6) is -2.08. The Kier molecular flexibility index (Phi) is 5.74. The van der Waals surface area contributed by atoms with Gasteiger partial charge in [0.15, 0.2) is 0 Å². The van der Waals surface area contributed by atoms with Crippen molar-refractivity contribution in [3.63, 3.8) is 0 Å². The minimum absolute atomic E-state index is 0.00354. The SMILES string of the molecule is COC(=O)[C@](N)(C(=O)N1CCC(c2ccc(O)cc2O)CC1)c1ccc(F)cc1. The number of halogens is 1. The molecular weight excluding hydrogens is 379 g/mol. The molecule has 8 heteroatoms. The highest BCUT2D eigenvalue weighted by Crippen LogP contribution is 2.36. The first-order chi connectivity index (χ1) is 13.8. The topological polar surface area (TPSA) is 113 Å². The van der Waals surface area contributed by atoms with Crippen molar-refractivity contribution < 1.29 is 28.9 Å². The number of nitrogens with two attached hydrogens (primary N) is 1. The molecule has 1 aliphatic heterocycles. The Morgan fingerprint density at radius 1 is 1.14 bits per heavy atom. The number of nitrogens with zero attached hydrogens (tertiary/aromatic N) is 1. The number of carbonyl (C=O) groups is 2. The monoisotopic (exact) mass is 402 g/mol. The van der Waals surface area contributed by atoms with Crippen LogP contribution < -0.4 is 5.73 Å². The lowest BCUT2D eigenvalue weighted by atomic mass is 9.85. The molecular formula is C21H23FN2O5. The number of benzene rings is 2. The predicted molar refractivity (Wildman–Crippen MR) is 103 cm³/mol. The van der Waals surface area contributed by atoms with E-state index in [1.807, 2.05) is 0 Å². The van der Waals surface area contributed by atoms with Gasteiger partial charge in [0.05, 0.1) is 7.11 Å². The summed E-state index contributed by atoms with van der Waals surface area (Å²) in [7, 11) is 1.14. The summed E-state index contributed by atoms with van der Waals surface area (Å²) in [5.41, 5.74) is 5.00. The highest BCUT2D eigenvalue weighted by molar-refractivity contribution is 6.07. The van der Waals surface area contributed by atoms with E-state index in [-0.39, 0.29) is 23.0 Å². The van der Waals surface area contributed by atoms with Crippen LogP contribution in [-0.2, 0) is 19.9 Å². The molecule has 0 bridgehead atoms. The van der Waals surface area contributed by atoms with Gasteiger partial charge in [-0.1, -0.05) is 18.2 Å². The molecule has 0 saturated carbocycles. The van der Waals surface area contributed by atoms with Crippen LogP contribution in [0, 0.1) is 5.82 Å². The highest BCUT2D eigenvalue weighted by atomic mass is 19.1. The summed E-state index contributed by atoms with van der Waals surface area (Å²) in [6.07, 6.45) is 1.09. The van der Waals surface area contributed by atoms with Crippen LogP contribution in [0.5, 0.6) is 11.5 Å². The molecule has 1 aliphatic rings. The van der Waals surface area contributed by atoms with Gasteiger partial charge in [0, 0.05) is 19.2 Å². The van der Waals surface area contributed by atoms with Crippen LogP contribution in [0.4, 0.5) is 4.39 Å². The maximum atomic E-state index is 13.3. The lowest BCUT2D eigenvalue weighted by molar-refractivity contribution is -0.157. The van der Waals surface area contributed by atoms with Crippen LogP contribution in [0.1, 0.15) is 29.9 Å². The van der Waals surface area contributed by atoms with E-state index in [0.717, 1.165) is 19.2 Å². The molecule has 1 amide bonds. The first kappa shape index (κ1) is 20.6. The second-order valence-electron chi connectivity index (χ2n) is 7.12. The largest absolute Gasteiger partial charge is 0.508 e. The molecule has 0 unspecified atom stereocenters. The van der Waals surface area contributed by atoms with E-state index in [0.29, 0.717) is 31.5 Å². The normalized spacial score (nSPS) is 16.9. The Morgan fingerprint density at radius 3 is 2.31 bits per heavy atom. The van der Waals surface area contributed by atoms with Gasteiger partial charge in [0.1, 0.15) is 17.3 Å². The van der Waals surface area contributed by atoms with Crippen LogP contribution in [0.15, 0.2) is 42.5 Å². The fraction of sp³-hybridized carbons (Fsp3) is 0.333. The quantitative estimate of drug-likeness (QED) is 0.532. The van der Waals surface area contributed by atoms with Crippen LogP contribution in [0.3, 0.4) is 0 Å². The van der Waals surface area contributed by atoms with Crippen molar-refractivity contribution in [2.45, 2.75) is 24.3 Å². The average Bonchev–Trinajstić information content (AvgIpc) is 2.72. The number of phenolic OH excluding ortho intramolecular Hbond substituents is 2. The van der Waals surface area contributed by atoms with Crippen LogP contribution >= 0.6 is 0 Å². The Labute approximate surface area is 167 Å². The van der Waals surface area contributed by atoms with Crippen LogP contribution in [0.2, 0.25) is 0 Å². The van der Waals surface area contributed by atoms with Gasteiger partial charge in [-0.05, 0) is 48.1 Å². The summed E-state index contributed by atoms with van der Waals surface area (Å²) >= 11 is 0. The fourth-order valence-corrected chi connectivity index (χ4v) is 3.72. The minimum atomic E-state index is -2.07. The molecule has 0 radical (unpaired) electrons. The number of rotatable bonds is 4. The molecule has 7 nitrogen and oxygen atoms in total. The van der Waals surface area contributed by atoms with E-state index in [4.69, 9.17) is 10.5 Å². The van der Waals surface area contributed by atoms with Gasteiger partial charge in [-0.3, -0.25) is 4.79 Å². The zero-order valence-corrected chi connectivity index (χ0v) is 16.0. The first-order valence-electron chi connectivity index (χ1n) is 9.22. The third kappa shape index (κ3) is 3.88. The number of hydrogen-bond acceptors (Lipinski definition) is 6.